The van der Waals surface area contributed by atoms with E-state index in [2.05, 4.69) is 15.3 Å². The van der Waals surface area contributed by atoms with Gasteiger partial charge in [-0.15, -0.1) is 0 Å². The molecule has 29 heavy (non-hydrogen) atoms. The van der Waals surface area contributed by atoms with Crippen LogP contribution in [0.3, 0.4) is 0 Å². The molecule has 2 aromatic rings. The van der Waals surface area contributed by atoms with Crippen molar-refractivity contribution in [2.75, 3.05) is 6.61 Å². The molecule has 0 unspecified atom stereocenters. The second-order valence-corrected chi connectivity index (χ2v) is 7.90. The van der Waals surface area contributed by atoms with Crippen molar-refractivity contribution in [3.63, 3.8) is 0 Å². The number of aromatic nitrogens is 2. The minimum absolute atomic E-state index is 0.0223. The maximum atomic E-state index is 13.0. The zero-order chi connectivity index (χ0) is 21.2. The van der Waals surface area contributed by atoms with Gasteiger partial charge in [0, 0.05) is 42.1 Å². The number of nitrogens with zero attached hydrogens (tertiary/aromatic N) is 2. The van der Waals surface area contributed by atoms with E-state index in [4.69, 9.17) is 0 Å². The Morgan fingerprint density at radius 3 is 2.62 bits per heavy atom. The quantitative estimate of drug-likeness (QED) is 0.684. The third-order valence-corrected chi connectivity index (χ3v) is 5.42. The van der Waals surface area contributed by atoms with Crippen molar-refractivity contribution >= 4 is 0 Å². The molecule has 0 spiro atoms. The monoisotopic (exact) mass is 409 g/mol. The molecular weight excluding hydrogens is 383 g/mol. The lowest BCUT2D eigenvalue weighted by Gasteiger charge is -2.26. The molecule has 1 aliphatic carbocycles. The van der Waals surface area contributed by atoms with Crippen LogP contribution in [0.2, 0.25) is 0 Å². The van der Waals surface area contributed by atoms with Crippen molar-refractivity contribution in [1.29, 1.82) is 0 Å². The number of halogens is 3. The van der Waals surface area contributed by atoms with Gasteiger partial charge in [-0.1, -0.05) is 26.0 Å². The highest BCUT2D eigenvalue weighted by Gasteiger charge is 2.42. The summed E-state index contributed by atoms with van der Waals surface area (Å²) in [5.74, 6) is -0.0963. The van der Waals surface area contributed by atoms with E-state index >= 15 is 0 Å². The van der Waals surface area contributed by atoms with Crippen LogP contribution in [0, 0.1) is 11.8 Å². The zero-order valence-corrected chi connectivity index (χ0v) is 16.4. The fourth-order valence-electron chi connectivity index (χ4n) is 4.09. The number of alkyl halides is 3. The summed E-state index contributed by atoms with van der Waals surface area (Å²) >= 11 is 0. The van der Waals surface area contributed by atoms with Gasteiger partial charge in [0.1, 0.15) is 0 Å². The molecule has 158 valence electrons. The van der Waals surface area contributed by atoms with Crippen molar-refractivity contribution in [2.24, 2.45) is 11.8 Å². The smallest absolute Gasteiger partial charge is 0.396 e. The zero-order valence-electron chi connectivity index (χ0n) is 16.4. The lowest BCUT2D eigenvalue weighted by atomic mass is 9.88. The van der Waals surface area contributed by atoms with Gasteiger partial charge >= 0.3 is 6.18 Å². The first kappa shape index (κ1) is 21.7. The van der Waals surface area contributed by atoms with Crippen molar-refractivity contribution in [3.05, 3.63) is 47.8 Å². The van der Waals surface area contributed by atoms with Crippen LogP contribution in [-0.4, -0.2) is 45.0 Å². The van der Waals surface area contributed by atoms with Crippen LogP contribution >= 0.6 is 0 Å². The standard InChI is InChI=1S/C21H26F3N3O2/c1-12(2)26-18-10-19(29)17(11-28)16(18)9-15-6-7-25-20(27-15)13-4-3-5-14(8-13)21(22,23)24/h3-8,12,16-19,26,28-29H,9-11H2,1-2H3/t16-,17-,18-,19-/m1/s1. The Bertz CT molecular complexity index is 829. The number of nitrogens with one attached hydrogen (secondary N) is 1. The minimum atomic E-state index is -4.43. The van der Waals surface area contributed by atoms with Crippen LogP contribution in [0.1, 0.15) is 31.5 Å². The van der Waals surface area contributed by atoms with Gasteiger partial charge in [-0.05, 0) is 37.0 Å². The number of hydrogen-bond acceptors (Lipinski definition) is 5. The largest absolute Gasteiger partial charge is 0.416 e. The molecule has 4 atom stereocenters. The van der Waals surface area contributed by atoms with Crippen molar-refractivity contribution in [1.82, 2.24) is 15.3 Å². The lowest BCUT2D eigenvalue weighted by molar-refractivity contribution is -0.137. The highest BCUT2D eigenvalue weighted by molar-refractivity contribution is 5.56. The Balaban J connectivity index is 1.85. The Hall–Kier alpha value is -2.03. The van der Waals surface area contributed by atoms with Crippen LogP contribution in [0.25, 0.3) is 11.4 Å². The van der Waals surface area contributed by atoms with Gasteiger partial charge in [-0.2, -0.15) is 13.2 Å². The summed E-state index contributed by atoms with van der Waals surface area (Å²) in [6, 6.07) is 6.91. The molecule has 0 amide bonds. The highest BCUT2D eigenvalue weighted by Crippen LogP contribution is 2.35. The molecule has 1 heterocycles. The fraction of sp³-hybridized carbons (Fsp3) is 0.524. The molecule has 5 nitrogen and oxygen atoms in total. The van der Waals surface area contributed by atoms with E-state index < -0.39 is 17.8 Å². The number of aliphatic hydroxyl groups excluding tert-OH is 2. The third-order valence-electron chi connectivity index (χ3n) is 5.42. The van der Waals surface area contributed by atoms with E-state index in [-0.39, 0.29) is 36.4 Å². The molecule has 1 saturated carbocycles. The van der Waals surface area contributed by atoms with Crippen molar-refractivity contribution in [2.45, 2.75) is 51.1 Å². The molecule has 1 aromatic heterocycles. The summed E-state index contributed by atoms with van der Waals surface area (Å²) in [5.41, 5.74) is 0.216. The van der Waals surface area contributed by atoms with E-state index in [1.165, 1.54) is 12.3 Å². The highest BCUT2D eigenvalue weighted by atomic mass is 19.4. The van der Waals surface area contributed by atoms with Crippen LogP contribution in [-0.2, 0) is 12.6 Å². The Labute approximate surface area is 168 Å². The Morgan fingerprint density at radius 1 is 1.21 bits per heavy atom. The fourth-order valence-corrected chi connectivity index (χ4v) is 4.09. The van der Waals surface area contributed by atoms with Crippen molar-refractivity contribution < 1.29 is 23.4 Å². The molecule has 3 N–H and O–H groups in total. The molecule has 1 aromatic carbocycles. The normalized spacial score (nSPS) is 25.0. The topological polar surface area (TPSA) is 78.3 Å². The molecule has 0 bridgehead atoms. The SMILES string of the molecule is CC(C)N[C@@H]1C[C@@H](O)[C@H](CO)[C@H]1Cc1ccnc(-c2cccc(C(F)(F)F)c2)n1. The van der Waals surface area contributed by atoms with Crippen LogP contribution in [0.15, 0.2) is 36.5 Å². The summed E-state index contributed by atoms with van der Waals surface area (Å²) < 4.78 is 39.0. The van der Waals surface area contributed by atoms with E-state index in [1.54, 1.807) is 12.1 Å². The van der Waals surface area contributed by atoms with Gasteiger partial charge in [-0.25, -0.2) is 9.97 Å². The predicted octanol–water partition coefficient (Wildman–Crippen LogP) is 3.06. The maximum absolute atomic E-state index is 13.0. The van der Waals surface area contributed by atoms with E-state index in [1.807, 2.05) is 13.8 Å². The summed E-state index contributed by atoms with van der Waals surface area (Å²) in [6.07, 6.45) is -2.48. The first-order valence-corrected chi connectivity index (χ1v) is 9.73. The van der Waals surface area contributed by atoms with Gasteiger partial charge in [-0.3, -0.25) is 0 Å². The molecule has 0 saturated heterocycles. The second kappa shape index (κ2) is 8.77. The summed E-state index contributed by atoms with van der Waals surface area (Å²) in [5, 5.41) is 23.5. The second-order valence-electron chi connectivity index (χ2n) is 7.90. The average Bonchev–Trinajstić information content (AvgIpc) is 2.95. The number of hydrogen-bond donors (Lipinski definition) is 3. The first-order valence-electron chi connectivity index (χ1n) is 9.73. The number of aliphatic hydroxyl groups is 2. The number of benzene rings is 1. The molecule has 0 radical (unpaired) electrons. The van der Waals surface area contributed by atoms with Gasteiger partial charge in [0.2, 0.25) is 0 Å². The third kappa shape index (κ3) is 5.12. The minimum Gasteiger partial charge on any atom is -0.396 e. The average molecular weight is 409 g/mol. The number of rotatable bonds is 6. The summed E-state index contributed by atoms with van der Waals surface area (Å²) in [6.45, 7) is 3.91. The Kier molecular flexibility index (Phi) is 6.55. The van der Waals surface area contributed by atoms with Crippen LogP contribution in [0.4, 0.5) is 13.2 Å². The van der Waals surface area contributed by atoms with E-state index in [0.717, 1.165) is 12.1 Å². The summed E-state index contributed by atoms with van der Waals surface area (Å²) in [7, 11) is 0. The van der Waals surface area contributed by atoms with E-state index in [0.29, 0.717) is 24.1 Å². The lowest BCUT2D eigenvalue weighted by Crippen LogP contribution is -2.40. The molecule has 0 aliphatic heterocycles. The van der Waals surface area contributed by atoms with Crippen LogP contribution in [0.5, 0.6) is 0 Å². The van der Waals surface area contributed by atoms with Gasteiger partial charge in [0.05, 0.1) is 11.7 Å². The molecule has 1 aliphatic rings. The Morgan fingerprint density at radius 2 is 1.97 bits per heavy atom. The maximum Gasteiger partial charge on any atom is 0.416 e. The molecule has 3 rings (SSSR count). The van der Waals surface area contributed by atoms with Crippen molar-refractivity contribution in [3.8, 4) is 11.4 Å². The first-order chi connectivity index (χ1) is 13.7. The van der Waals surface area contributed by atoms with E-state index in [9.17, 15) is 23.4 Å². The van der Waals surface area contributed by atoms with Gasteiger partial charge in [0.15, 0.2) is 5.82 Å². The molecular formula is C21H26F3N3O2. The van der Waals surface area contributed by atoms with Crippen LogP contribution < -0.4 is 5.32 Å². The molecule has 8 heteroatoms. The molecule has 1 fully saturated rings. The summed E-state index contributed by atoms with van der Waals surface area (Å²) in [4.78, 5) is 8.60. The van der Waals surface area contributed by atoms with Gasteiger partial charge in [0.25, 0.3) is 0 Å². The predicted molar refractivity (Wildman–Crippen MR) is 103 cm³/mol. The van der Waals surface area contributed by atoms with Gasteiger partial charge < -0.3 is 15.5 Å².